The van der Waals surface area contributed by atoms with Gasteiger partial charge in [-0.05, 0) is 43.6 Å². The Morgan fingerprint density at radius 2 is 1.93 bits per heavy atom. The standard InChI is InChI=1S/C12H19BrN2/c1-9(7-8-14)12(15-2)10-3-5-11(13)6-4-10/h3-6,9,12,15H,7-8,14H2,1-2H3. The lowest BCUT2D eigenvalue weighted by Crippen LogP contribution is -2.25. The van der Waals surface area contributed by atoms with Crippen LogP contribution in [0.15, 0.2) is 28.7 Å². The number of hydrogen-bond donors (Lipinski definition) is 2. The van der Waals surface area contributed by atoms with Crippen LogP contribution in [0.25, 0.3) is 0 Å². The van der Waals surface area contributed by atoms with E-state index in [-0.39, 0.29) is 0 Å². The Morgan fingerprint density at radius 1 is 1.33 bits per heavy atom. The van der Waals surface area contributed by atoms with E-state index >= 15 is 0 Å². The van der Waals surface area contributed by atoms with Crippen LogP contribution in [0.3, 0.4) is 0 Å². The summed E-state index contributed by atoms with van der Waals surface area (Å²) >= 11 is 3.44. The Labute approximate surface area is 100 Å². The fourth-order valence-corrected chi connectivity index (χ4v) is 2.14. The maximum absolute atomic E-state index is 5.59. The molecular weight excluding hydrogens is 252 g/mol. The number of nitrogens with one attached hydrogen (secondary N) is 1. The van der Waals surface area contributed by atoms with Crippen LogP contribution >= 0.6 is 15.9 Å². The van der Waals surface area contributed by atoms with Gasteiger partial charge in [-0.2, -0.15) is 0 Å². The molecule has 0 spiro atoms. The summed E-state index contributed by atoms with van der Waals surface area (Å²) in [5, 5.41) is 3.35. The van der Waals surface area contributed by atoms with Gasteiger partial charge in [-0.1, -0.05) is 35.0 Å². The number of nitrogens with two attached hydrogens (primary N) is 1. The van der Waals surface area contributed by atoms with Gasteiger partial charge in [0.15, 0.2) is 0 Å². The van der Waals surface area contributed by atoms with Crippen molar-refractivity contribution < 1.29 is 0 Å². The first-order valence-corrected chi connectivity index (χ1v) is 6.11. The summed E-state index contributed by atoms with van der Waals surface area (Å²) in [5.74, 6) is 0.557. The molecule has 1 rings (SSSR count). The second-order valence-corrected chi connectivity index (χ2v) is 4.79. The van der Waals surface area contributed by atoms with Crippen molar-refractivity contribution in [3.63, 3.8) is 0 Å². The summed E-state index contributed by atoms with van der Waals surface area (Å²) in [5.41, 5.74) is 6.91. The van der Waals surface area contributed by atoms with Gasteiger partial charge in [-0.3, -0.25) is 0 Å². The van der Waals surface area contributed by atoms with Crippen LogP contribution in [-0.4, -0.2) is 13.6 Å². The zero-order valence-electron chi connectivity index (χ0n) is 9.33. The van der Waals surface area contributed by atoms with E-state index in [0.29, 0.717) is 12.0 Å². The fourth-order valence-electron chi connectivity index (χ4n) is 1.88. The van der Waals surface area contributed by atoms with E-state index in [1.165, 1.54) is 5.56 Å². The van der Waals surface area contributed by atoms with Gasteiger partial charge >= 0.3 is 0 Å². The molecular formula is C12H19BrN2. The Bertz CT molecular complexity index is 284. The summed E-state index contributed by atoms with van der Waals surface area (Å²) in [6.45, 7) is 2.98. The van der Waals surface area contributed by atoms with Gasteiger partial charge in [-0.25, -0.2) is 0 Å². The molecule has 3 N–H and O–H groups in total. The molecule has 0 aromatic heterocycles. The molecule has 3 heteroatoms. The van der Waals surface area contributed by atoms with Gasteiger partial charge in [0.1, 0.15) is 0 Å². The molecule has 0 heterocycles. The minimum Gasteiger partial charge on any atom is -0.330 e. The van der Waals surface area contributed by atoms with Crippen molar-refractivity contribution in [1.82, 2.24) is 5.32 Å². The van der Waals surface area contributed by atoms with Crippen molar-refractivity contribution in [1.29, 1.82) is 0 Å². The van der Waals surface area contributed by atoms with Crippen molar-refractivity contribution >= 4 is 15.9 Å². The monoisotopic (exact) mass is 270 g/mol. The molecule has 2 atom stereocenters. The van der Waals surface area contributed by atoms with Crippen molar-refractivity contribution in [2.75, 3.05) is 13.6 Å². The van der Waals surface area contributed by atoms with Crippen molar-refractivity contribution in [3.05, 3.63) is 34.3 Å². The lowest BCUT2D eigenvalue weighted by Gasteiger charge is -2.23. The third kappa shape index (κ3) is 3.59. The molecule has 0 aliphatic heterocycles. The Morgan fingerprint density at radius 3 is 2.40 bits per heavy atom. The van der Waals surface area contributed by atoms with Crippen molar-refractivity contribution in [3.8, 4) is 0 Å². The number of halogens is 1. The summed E-state index contributed by atoms with van der Waals surface area (Å²) in [6.07, 6.45) is 1.04. The molecule has 2 nitrogen and oxygen atoms in total. The zero-order valence-corrected chi connectivity index (χ0v) is 10.9. The van der Waals surface area contributed by atoms with Crippen LogP contribution in [0.4, 0.5) is 0 Å². The highest BCUT2D eigenvalue weighted by Gasteiger charge is 2.16. The van der Waals surface area contributed by atoms with Crippen LogP contribution in [-0.2, 0) is 0 Å². The molecule has 0 saturated carbocycles. The lowest BCUT2D eigenvalue weighted by molar-refractivity contribution is 0.392. The van der Waals surface area contributed by atoms with E-state index in [2.05, 4.69) is 52.4 Å². The van der Waals surface area contributed by atoms with E-state index in [9.17, 15) is 0 Å². The average Bonchev–Trinajstić information content (AvgIpc) is 2.22. The average molecular weight is 271 g/mol. The third-order valence-corrected chi connectivity index (χ3v) is 3.26. The lowest BCUT2D eigenvalue weighted by atomic mass is 9.92. The van der Waals surface area contributed by atoms with Crippen LogP contribution in [0.5, 0.6) is 0 Å². The molecule has 0 amide bonds. The Balaban J connectivity index is 2.77. The zero-order chi connectivity index (χ0) is 11.3. The molecule has 1 aromatic rings. The van der Waals surface area contributed by atoms with E-state index in [1.807, 2.05) is 7.05 Å². The maximum Gasteiger partial charge on any atom is 0.0343 e. The first-order valence-electron chi connectivity index (χ1n) is 5.31. The minimum absolute atomic E-state index is 0.390. The largest absolute Gasteiger partial charge is 0.330 e. The van der Waals surface area contributed by atoms with Gasteiger partial charge in [0.2, 0.25) is 0 Å². The predicted molar refractivity (Wildman–Crippen MR) is 68.8 cm³/mol. The summed E-state index contributed by atoms with van der Waals surface area (Å²) in [7, 11) is 2.00. The highest BCUT2D eigenvalue weighted by Crippen LogP contribution is 2.24. The van der Waals surface area contributed by atoms with E-state index in [1.54, 1.807) is 0 Å². The molecule has 0 aliphatic carbocycles. The fraction of sp³-hybridized carbons (Fsp3) is 0.500. The van der Waals surface area contributed by atoms with Crippen molar-refractivity contribution in [2.24, 2.45) is 11.7 Å². The molecule has 1 aromatic carbocycles. The molecule has 0 fully saturated rings. The SMILES string of the molecule is CNC(c1ccc(Br)cc1)C(C)CCN. The van der Waals surface area contributed by atoms with Gasteiger partial charge < -0.3 is 11.1 Å². The smallest absolute Gasteiger partial charge is 0.0343 e. The number of hydrogen-bond acceptors (Lipinski definition) is 2. The molecule has 0 saturated heterocycles. The molecule has 2 unspecified atom stereocenters. The van der Waals surface area contributed by atoms with Crippen LogP contribution in [0, 0.1) is 5.92 Å². The molecule has 84 valence electrons. The normalized spacial score (nSPS) is 14.9. The first kappa shape index (κ1) is 12.7. The summed E-state index contributed by atoms with van der Waals surface area (Å²) < 4.78 is 1.12. The van der Waals surface area contributed by atoms with Gasteiger partial charge in [0.25, 0.3) is 0 Å². The topological polar surface area (TPSA) is 38.0 Å². The Hall–Kier alpha value is -0.380. The summed E-state index contributed by atoms with van der Waals surface area (Å²) in [6, 6.07) is 8.85. The second kappa shape index (κ2) is 6.26. The predicted octanol–water partition coefficient (Wildman–Crippen LogP) is 2.69. The van der Waals surface area contributed by atoms with Gasteiger partial charge in [0, 0.05) is 10.5 Å². The maximum atomic E-state index is 5.59. The van der Waals surface area contributed by atoms with E-state index < -0.39 is 0 Å². The van der Waals surface area contributed by atoms with Crippen LogP contribution < -0.4 is 11.1 Å². The first-order chi connectivity index (χ1) is 7.19. The third-order valence-electron chi connectivity index (χ3n) is 2.73. The summed E-state index contributed by atoms with van der Waals surface area (Å²) in [4.78, 5) is 0. The quantitative estimate of drug-likeness (QED) is 0.864. The Kier molecular flexibility index (Phi) is 5.29. The van der Waals surface area contributed by atoms with Crippen LogP contribution in [0.1, 0.15) is 24.9 Å². The van der Waals surface area contributed by atoms with Gasteiger partial charge in [-0.15, -0.1) is 0 Å². The van der Waals surface area contributed by atoms with Crippen molar-refractivity contribution in [2.45, 2.75) is 19.4 Å². The van der Waals surface area contributed by atoms with Gasteiger partial charge in [0.05, 0.1) is 0 Å². The number of benzene rings is 1. The van der Waals surface area contributed by atoms with Crippen LogP contribution in [0.2, 0.25) is 0 Å². The number of rotatable bonds is 5. The minimum atomic E-state index is 0.390. The van der Waals surface area contributed by atoms with E-state index in [0.717, 1.165) is 17.4 Å². The molecule has 0 bridgehead atoms. The van der Waals surface area contributed by atoms with E-state index in [4.69, 9.17) is 5.73 Å². The molecule has 15 heavy (non-hydrogen) atoms. The molecule has 0 radical (unpaired) electrons. The highest BCUT2D eigenvalue weighted by molar-refractivity contribution is 9.10. The molecule has 0 aliphatic rings. The second-order valence-electron chi connectivity index (χ2n) is 3.87. The highest BCUT2D eigenvalue weighted by atomic mass is 79.9.